The van der Waals surface area contributed by atoms with Crippen molar-refractivity contribution in [2.45, 2.75) is 0 Å². The van der Waals surface area contributed by atoms with E-state index < -0.39 is 10.2 Å². The highest BCUT2D eigenvalue weighted by molar-refractivity contribution is 7.07. The summed E-state index contributed by atoms with van der Waals surface area (Å²) in [6.45, 7) is 0. The fraction of sp³-hybridized carbons (Fsp3) is 0. The Bertz CT molecular complexity index is 127. The number of nitrogens with zero attached hydrogens (tertiary/aromatic N) is 1. The van der Waals surface area contributed by atoms with Gasteiger partial charge in [-0.05, 0) is 0 Å². The zero-order chi connectivity index (χ0) is 8.04. The van der Waals surface area contributed by atoms with E-state index in [0.29, 0.717) is 0 Å². The largest absolute Gasteiger partial charge is 0.253 e. The Morgan fingerprint density at radius 1 is 1.40 bits per heavy atom. The fourth-order valence-corrected chi connectivity index (χ4v) is 0.527. The molecule has 1 N–H and O–H groups in total. The molecular weight excluding hydrogens is 182 g/mol. The third-order valence-electron chi connectivity index (χ3n) is 0.347. The number of hydrogen-bond acceptors (Lipinski definition) is 6. The van der Waals surface area contributed by atoms with Crippen LogP contribution in [-0.4, -0.2) is 9.64 Å². The summed E-state index contributed by atoms with van der Waals surface area (Å²) in [5.74, 6) is 0. The van der Waals surface area contributed by atoms with Crippen molar-refractivity contribution in [2.75, 3.05) is 0 Å². The molecule has 0 amide bonds. The Morgan fingerprint density at radius 2 is 1.90 bits per heavy atom. The van der Waals surface area contributed by atoms with Gasteiger partial charge in [0.15, 0.2) is 0 Å². The lowest BCUT2D eigenvalue weighted by atomic mass is 11.0. The third-order valence-corrected chi connectivity index (χ3v) is 0.869. The van der Waals surface area contributed by atoms with Gasteiger partial charge in [-0.3, -0.25) is 4.98 Å². The van der Waals surface area contributed by atoms with Crippen LogP contribution in [0.2, 0.25) is 0 Å². The SMILES string of the molecule is [O-][Cl+3]([O-])([O-])O.c1cscn1. The van der Waals surface area contributed by atoms with Crippen LogP contribution in [0, 0.1) is 10.2 Å². The van der Waals surface area contributed by atoms with E-state index in [0.717, 1.165) is 0 Å². The molecule has 0 aromatic carbocycles. The second-order valence-electron chi connectivity index (χ2n) is 1.07. The molecule has 7 heteroatoms. The lowest BCUT2D eigenvalue weighted by Crippen LogP contribution is -2.58. The maximum Gasteiger partial charge on any atom is 0.0791 e. The van der Waals surface area contributed by atoms with Crippen LogP contribution >= 0.6 is 11.3 Å². The summed E-state index contributed by atoms with van der Waals surface area (Å²) in [5.41, 5.74) is 1.79. The van der Waals surface area contributed by atoms with E-state index in [1.807, 2.05) is 5.38 Å². The summed E-state index contributed by atoms with van der Waals surface area (Å²) in [7, 11) is -4.69. The van der Waals surface area contributed by atoms with E-state index in [1.54, 1.807) is 23.0 Å². The average Bonchev–Trinajstić information content (AvgIpc) is 2.07. The molecule has 0 unspecified atom stereocenters. The van der Waals surface area contributed by atoms with Crippen molar-refractivity contribution in [3.05, 3.63) is 17.1 Å². The lowest BCUT2D eigenvalue weighted by Gasteiger charge is -2.03. The fourth-order valence-electron chi connectivity index (χ4n) is 0.176. The maximum absolute atomic E-state index is 8.60. The summed E-state index contributed by atoms with van der Waals surface area (Å²) < 4.78 is 32.7. The quantitative estimate of drug-likeness (QED) is 0.465. The van der Waals surface area contributed by atoms with E-state index in [9.17, 15) is 0 Å². The second-order valence-corrected chi connectivity index (χ2v) is 2.62. The molecule has 10 heavy (non-hydrogen) atoms. The Hall–Kier alpha value is -0.240. The van der Waals surface area contributed by atoms with Crippen molar-refractivity contribution >= 4 is 11.3 Å². The van der Waals surface area contributed by atoms with Crippen LogP contribution in [0.4, 0.5) is 0 Å². The molecule has 0 saturated heterocycles. The van der Waals surface area contributed by atoms with Gasteiger partial charge < -0.3 is 0 Å². The van der Waals surface area contributed by atoms with Gasteiger partial charge in [0.1, 0.15) is 0 Å². The highest BCUT2D eigenvalue weighted by atomic mass is 35.7. The maximum atomic E-state index is 8.60. The number of thiazole rings is 1. The van der Waals surface area contributed by atoms with Crippen LogP contribution in [-0.2, 0) is 0 Å². The molecule has 1 heterocycles. The highest BCUT2D eigenvalue weighted by Gasteiger charge is 1.98. The Labute approximate surface area is 62.9 Å². The van der Waals surface area contributed by atoms with E-state index in [2.05, 4.69) is 4.98 Å². The molecular formula is C3H4ClNO4S. The Morgan fingerprint density at radius 3 is 2.00 bits per heavy atom. The summed E-state index contributed by atoms with van der Waals surface area (Å²) in [6, 6.07) is 0. The van der Waals surface area contributed by atoms with Gasteiger partial charge in [0.25, 0.3) is 0 Å². The van der Waals surface area contributed by atoms with Crippen LogP contribution in [0.5, 0.6) is 0 Å². The molecule has 1 rings (SSSR count). The molecule has 0 fully saturated rings. The van der Waals surface area contributed by atoms with Gasteiger partial charge in [0.2, 0.25) is 0 Å². The van der Waals surface area contributed by atoms with Gasteiger partial charge in [-0.1, -0.05) is 0 Å². The van der Waals surface area contributed by atoms with Gasteiger partial charge in [-0.15, -0.1) is 11.3 Å². The summed E-state index contributed by atoms with van der Waals surface area (Å²) in [4.78, 5) is 3.74. The van der Waals surface area contributed by atoms with Crippen molar-refractivity contribution in [1.82, 2.24) is 4.98 Å². The van der Waals surface area contributed by atoms with Gasteiger partial charge >= 0.3 is 0 Å². The Kier molecular flexibility index (Phi) is 4.45. The van der Waals surface area contributed by atoms with Crippen LogP contribution in [0.15, 0.2) is 17.1 Å². The average molecular weight is 186 g/mol. The molecule has 1 aromatic rings. The first kappa shape index (κ1) is 9.76. The minimum atomic E-state index is -4.69. The third kappa shape index (κ3) is 15.7. The van der Waals surface area contributed by atoms with Crippen molar-refractivity contribution in [2.24, 2.45) is 0 Å². The minimum absolute atomic E-state index is 1.60. The summed E-state index contributed by atoms with van der Waals surface area (Å²) in [5, 5.41) is 1.93. The van der Waals surface area contributed by atoms with Crippen molar-refractivity contribution in [3.63, 3.8) is 0 Å². The first-order valence-electron chi connectivity index (χ1n) is 1.95. The predicted octanol–water partition coefficient (Wildman–Crippen LogP) is -2.98. The molecule has 0 aliphatic carbocycles. The van der Waals surface area contributed by atoms with Gasteiger partial charge in [0, 0.05) is 11.6 Å². The molecule has 0 aliphatic rings. The molecule has 0 spiro atoms. The lowest BCUT2D eigenvalue weighted by molar-refractivity contribution is -1.92. The van der Waals surface area contributed by atoms with E-state index >= 15 is 0 Å². The molecule has 5 nitrogen and oxygen atoms in total. The molecule has 0 aliphatic heterocycles. The first-order chi connectivity index (χ1) is 4.50. The monoisotopic (exact) mass is 185 g/mol. The van der Waals surface area contributed by atoms with Gasteiger partial charge in [-0.2, -0.15) is 14.0 Å². The van der Waals surface area contributed by atoms with Crippen molar-refractivity contribution in [1.29, 1.82) is 0 Å². The molecule has 0 atom stereocenters. The number of aromatic nitrogens is 1. The Balaban J connectivity index is 0.000000162. The van der Waals surface area contributed by atoms with Gasteiger partial charge in [-0.25, -0.2) is 0 Å². The topological polar surface area (TPSA) is 102 Å². The standard InChI is InChI=1S/C3H3NS.ClHO4/c1-2-5-3-4-1;2-1(3,4)5/h1-3H;(H,2,3,4,5). The summed E-state index contributed by atoms with van der Waals surface area (Å²) >= 11 is 1.60. The summed E-state index contributed by atoms with van der Waals surface area (Å²) in [6.07, 6.45) is 1.77. The van der Waals surface area contributed by atoms with Crippen molar-refractivity contribution in [3.8, 4) is 0 Å². The molecule has 58 valence electrons. The van der Waals surface area contributed by atoms with Crippen molar-refractivity contribution < 1.29 is 28.9 Å². The zero-order valence-corrected chi connectivity index (χ0v) is 6.21. The van der Waals surface area contributed by atoms with Crippen LogP contribution in [0.1, 0.15) is 0 Å². The minimum Gasteiger partial charge on any atom is -0.253 e. The molecule has 0 radical (unpaired) electrons. The van der Waals surface area contributed by atoms with Gasteiger partial charge in [0.05, 0.1) is 20.4 Å². The molecule has 0 bridgehead atoms. The number of halogens is 1. The zero-order valence-electron chi connectivity index (χ0n) is 4.64. The van der Waals surface area contributed by atoms with Crippen LogP contribution in [0.25, 0.3) is 0 Å². The normalized spacial score (nSPS) is 10.0. The number of rotatable bonds is 0. The molecule has 0 saturated carbocycles. The number of hydrogen-bond donors (Lipinski definition) is 1. The molecule has 1 aromatic heterocycles. The van der Waals surface area contributed by atoms with Crippen LogP contribution in [0.3, 0.4) is 0 Å². The highest BCUT2D eigenvalue weighted by Crippen LogP contribution is 1.85. The second kappa shape index (κ2) is 4.56. The smallest absolute Gasteiger partial charge is 0.0791 e. The predicted molar refractivity (Wildman–Crippen MR) is 24.3 cm³/mol. The van der Waals surface area contributed by atoms with Crippen LogP contribution < -0.4 is 14.0 Å². The first-order valence-corrected chi connectivity index (χ1v) is 4.16. The van der Waals surface area contributed by atoms with E-state index in [4.69, 9.17) is 18.6 Å². The van der Waals surface area contributed by atoms with E-state index in [-0.39, 0.29) is 0 Å². The van der Waals surface area contributed by atoms with E-state index in [1.165, 1.54) is 0 Å².